The van der Waals surface area contributed by atoms with Crippen LogP contribution in [0.25, 0.3) is 0 Å². The molecule has 1 aliphatic heterocycles. The molecule has 0 aliphatic carbocycles. The maximum absolute atomic E-state index is 12.8. The Labute approximate surface area is 138 Å². The van der Waals surface area contributed by atoms with Crippen LogP contribution in [0.1, 0.15) is 28.2 Å². The number of nitrogens with zero attached hydrogens (tertiary/aromatic N) is 3. The molecular weight excluding hydrogens is 322 g/mol. The van der Waals surface area contributed by atoms with E-state index in [0.717, 1.165) is 0 Å². The lowest BCUT2D eigenvalue weighted by Gasteiger charge is -2.31. The van der Waals surface area contributed by atoms with Crippen molar-refractivity contribution in [3.63, 3.8) is 0 Å². The van der Waals surface area contributed by atoms with Crippen molar-refractivity contribution in [3.8, 4) is 5.75 Å². The van der Waals surface area contributed by atoms with Gasteiger partial charge in [-0.2, -0.15) is 0 Å². The first-order valence-electron chi connectivity index (χ1n) is 7.13. The summed E-state index contributed by atoms with van der Waals surface area (Å²) < 4.78 is 16.3. The Morgan fingerprint density at radius 1 is 1.43 bits per heavy atom. The van der Waals surface area contributed by atoms with E-state index in [0.29, 0.717) is 47.8 Å². The van der Waals surface area contributed by atoms with E-state index in [1.165, 1.54) is 7.11 Å². The number of rotatable bonds is 3. The number of morpholine rings is 1. The van der Waals surface area contributed by atoms with Gasteiger partial charge in [-0.15, -0.1) is 10.2 Å². The molecule has 23 heavy (non-hydrogen) atoms. The summed E-state index contributed by atoms with van der Waals surface area (Å²) in [7, 11) is 1.51. The van der Waals surface area contributed by atoms with Crippen LogP contribution in [0, 0.1) is 6.92 Å². The number of methoxy groups -OCH3 is 1. The summed E-state index contributed by atoms with van der Waals surface area (Å²) in [4.78, 5) is 14.4. The molecule has 1 saturated heterocycles. The van der Waals surface area contributed by atoms with Crippen LogP contribution < -0.4 is 4.74 Å². The summed E-state index contributed by atoms with van der Waals surface area (Å²) in [6.07, 6.45) is -0.424. The molecule has 7 nitrogen and oxygen atoms in total. The van der Waals surface area contributed by atoms with E-state index >= 15 is 0 Å². The molecule has 8 heteroatoms. The number of aryl methyl sites for hydroxylation is 1. The van der Waals surface area contributed by atoms with Gasteiger partial charge in [0.05, 0.1) is 25.8 Å². The van der Waals surface area contributed by atoms with Crippen LogP contribution in [0.4, 0.5) is 0 Å². The van der Waals surface area contributed by atoms with Gasteiger partial charge in [0.15, 0.2) is 6.10 Å². The Kier molecular flexibility index (Phi) is 4.49. The van der Waals surface area contributed by atoms with Gasteiger partial charge in [0, 0.05) is 18.5 Å². The molecule has 122 valence electrons. The number of hydrogen-bond donors (Lipinski definition) is 0. The van der Waals surface area contributed by atoms with E-state index in [1.807, 2.05) is 0 Å². The van der Waals surface area contributed by atoms with E-state index in [2.05, 4.69) is 10.2 Å². The Hall–Kier alpha value is -2.12. The molecule has 1 aromatic carbocycles. The number of halogens is 1. The van der Waals surface area contributed by atoms with Crippen LogP contribution in [-0.2, 0) is 4.74 Å². The minimum atomic E-state index is -0.424. The summed E-state index contributed by atoms with van der Waals surface area (Å²) >= 11 is 5.94. The zero-order chi connectivity index (χ0) is 16.4. The van der Waals surface area contributed by atoms with Crippen LogP contribution in [0.5, 0.6) is 5.75 Å². The van der Waals surface area contributed by atoms with Crippen LogP contribution in [0.3, 0.4) is 0 Å². The van der Waals surface area contributed by atoms with E-state index in [9.17, 15) is 4.79 Å². The quantitative estimate of drug-likeness (QED) is 0.855. The second kappa shape index (κ2) is 6.55. The fraction of sp³-hybridized carbons (Fsp3) is 0.400. The third kappa shape index (κ3) is 3.30. The first kappa shape index (κ1) is 15.8. The Balaban J connectivity index is 1.79. The average Bonchev–Trinajstić information content (AvgIpc) is 3.01. The molecule has 1 fully saturated rings. The van der Waals surface area contributed by atoms with Crippen molar-refractivity contribution in [1.29, 1.82) is 0 Å². The number of amides is 1. The largest absolute Gasteiger partial charge is 0.496 e. The summed E-state index contributed by atoms with van der Waals surface area (Å²) in [6, 6.07) is 4.94. The zero-order valence-corrected chi connectivity index (χ0v) is 13.5. The van der Waals surface area contributed by atoms with Crippen molar-refractivity contribution < 1.29 is 18.7 Å². The third-order valence-electron chi connectivity index (χ3n) is 3.56. The Bertz CT molecular complexity index is 718. The van der Waals surface area contributed by atoms with Gasteiger partial charge in [-0.05, 0) is 18.2 Å². The number of hydrogen-bond acceptors (Lipinski definition) is 6. The fourth-order valence-electron chi connectivity index (χ4n) is 2.44. The first-order chi connectivity index (χ1) is 11.1. The molecule has 0 saturated carbocycles. The van der Waals surface area contributed by atoms with Crippen molar-refractivity contribution in [2.45, 2.75) is 13.0 Å². The first-order valence-corrected chi connectivity index (χ1v) is 7.50. The summed E-state index contributed by atoms with van der Waals surface area (Å²) in [5.41, 5.74) is 0.458. The van der Waals surface area contributed by atoms with Gasteiger partial charge in [-0.3, -0.25) is 4.79 Å². The highest BCUT2D eigenvalue weighted by Crippen LogP contribution is 2.27. The number of ether oxygens (including phenoxy) is 2. The summed E-state index contributed by atoms with van der Waals surface area (Å²) in [6.45, 7) is 2.93. The molecule has 2 aromatic rings. The second-order valence-electron chi connectivity index (χ2n) is 5.11. The molecule has 1 aliphatic rings. The fourth-order valence-corrected chi connectivity index (χ4v) is 2.60. The van der Waals surface area contributed by atoms with Crippen molar-refractivity contribution in [1.82, 2.24) is 15.1 Å². The normalized spacial score (nSPS) is 18.0. The second-order valence-corrected chi connectivity index (χ2v) is 5.55. The molecule has 0 spiro atoms. The molecule has 2 heterocycles. The number of carbonyl (C=O) groups excluding carboxylic acids is 1. The standard InChI is InChI=1S/C15H16ClN3O4/c1-9-17-18-14(23-9)13-8-19(5-6-22-13)15(20)11-4-3-10(16)7-12(11)21-2/h3-4,7,13H,5-6,8H2,1-2H3. The van der Waals surface area contributed by atoms with Crippen LogP contribution in [0.2, 0.25) is 5.02 Å². The molecule has 1 atom stereocenters. The molecule has 3 rings (SSSR count). The van der Waals surface area contributed by atoms with E-state index in [1.54, 1.807) is 30.0 Å². The zero-order valence-electron chi connectivity index (χ0n) is 12.8. The molecule has 0 bridgehead atoms. The van der Waals surface area contributed by atoms with Gasteiger partial charge in [0.1, 0.15) is 5.75 Å². The predicted molar refractivity (Wildman–Crippen MR) is 81.6 cm³/mol. The maximum atomic E-state index is 12.8. The number of carbonyl (C=O) groups is 1. The van der Waals surface area contributed by atoms with Gasteiger partial charge in [-0.25, -0.2) is 0 Å². The Morgan fingerprint density at radius 3 is 2.96 bits per heavy atom. The summed E-state index contributed by atoms with van der Waals surface area (Å²) in [5, 5.41) is 8.27. The smallest absolute Gasteiger partial charge is 0.257 e. The van der Waals surface area contributed by atoms with E-state index in [4.69, 9.17) is 25.5 Å². The van der Waals surface area contributed by atoms with Crippen molar-refractivity contribution in [2.75, 3.05) is 26.8 Å². The van der Waals surface area contributed by atoms with Crippen molar-refractivity contribution in [2.24, 2.45) is 0 Å². The lowest BCUT2D eigenvalue weighted by molar-refractivity contribution is -0.0350. The minimum Gasteiger partial charge on any atom is -0.496 e. The monoisotopic (exact) mass is 337 g/mol. The predicted octanol–water partition coefficient (Wildman–Crippen LogP) is 2.25. The van der Waals surface area contributed by atoms with Crippen LogP contribution in [-0.4, -0.2) is 47.8 Å². The molecule has 1 unspecified atom stereocenters. The van der Waals surface area contributed by atoms with Gasteiger partial charge in [0.2, 0.25) is 11.8 Å². The molecule has 0 N–H and O–H groups in total. The highest BCUT2D eigenvalue weighted by molar-refractivity contribution is 6.30. The van der Waals surface area contributed by atoms with E-state index in [-0.39, 0.29) is 5.91 Å². The lowest BCUT2D eigenvalue weighted by atomic mass is 10.1. The van der Waals surface area contributed by atoms with E-state index < -0.39 is 6.10 Å². The lowest BCUT2D eigenvalue weighted by Crippen LogP contribution is -2.42. The maximum Gasteiger partial charge on any atom is 0.257 e. The van der Waals surface area contributed by atoms with Crippen molar-refractivity contribution in [3.05, 3.63) is 40.6 Å². The van der Waals surface area contributed by atoms with Crippen LogP contribution >= 0.6 is 11.6 Å². The molecule has 0 radical (unpaired) electrons. The van der Waals surface area contributed by atoms with Gasteiger partial charge < -0.3 is 18.8 Å². The highest BCUT2D eigenvalue weighted by atomic mass is 35.5. The third-order valence-corrected chi connectivity index (χ3v) is 3.80. The SMILES string of the molecule is COc1cc(Cl)ccc1C(=O)N1CCOC(c2nnc(C)o2)C1. The Morgan fingerprint density at radius 2 is 2.26 bits per heavy atom. The molecule has 1 amide bonds. The van der Waals surface area contributed by atoms with Gasteiger partial charge >= 0.3 is 0 Å². The average molecular weight is 338 g/mol. The molecular formula is C15H16ClN3O4. The number of benzene rings is 1. The van der Waals surface area contributed by atoms with Gasteiger partial charge in [0.25, 0.3) is 5.91 Å². The minimum absolute atomic E-state index is 0.150. The number of aromatic nitrogens is 2. The molecule has 1 aromatic heterocycles. The topological polar surface area (TPSA) is 77.7 Å². The summed E-state index contributed by atoms with van der Waals surface area (Å²) in [5.74, 6) is 1.14. The van der Waals surface area contributed by atoms with Crippen molar-refractivity contribution >= 4 is 17.5 Å². The highest BCUT2D eigenvalue weighted by Gasteiger charge is 2.30. The van der Waals surface area contributed by atoms with Gasteiger partial charge in [-0.1, -0.05) is 11.6 Å². The van der Waals surface area contributed by atoms with Crippen LogP contribution in [0.15, 0.2) is 22.6 Å².